The predicted molar refractivity (Wildman–Crippen MR) is 122 cm³/mol. The third kappa shape index (κ3) is 5.23. The van der Waals surface area contributed by atoms with Gasteiger partial charge in [0.25, 0.3) is 0 Å². The van der Waals surface area contributed by atoms with Crippen molar-refractivity contribution in [1.29, 1.82) is 0 Å². The highest BCUT2D eigenvalue weighted by Gasteiger charge is 2.21. The first kappa shape index (κ1) is 22.4. The summed E-state index contributed by atoms with van der Waals surface area (Å²) in [4.78, 5) is 27.6. The summed E-state index contributed by atoms with van der Waals surface area (Å²) in [6, 6.07) is 13.0. The molecule has 0 amide bonds. The van der Waals surface area contributed by atoms with Crippen LogP contribution < -0.4 is 9.47 Å². The zero-order chi connectivity index (χ0) is 21.7. The fourth-order valence-corrected chi connectivity index (χ4v) is 4.35. The van der Waals surface area contributed by atoms with Crippen molar-refractivity contribution in [3.8, 4) is 11.5 Å². The van der Waals surface area contributed by atoms with Crippen molar-refractivity contribution in [2.24, 2.45) is 0 Å². The number of halogens is 2. The van der Waals surface area contributed by atoms with E-state index in [1.54, 1.807) is 32.2 Å². The van der Waals surface area contributed by atoms with Gasteiger partial charge in [0.05, 0.1) is 35.5 Å². The second kappa shape index (κ2) is 10.1. The molecule has 0 saturated heterocycles. The molecule has 0 fully saturated rings. The first-order chi connectivity index (χ1) is 14.4. The Morgan fingerprint density at radius 2 is 1.87 bits per heavy atom. The fraction of sp³-hybridized carbons (Fsp3) is 0.273. The van der Waals surface area contributed by atoms with Crippen molar-refractivity contribution in [2.75, 3.05) is 13.7 Å². The van der Waals surface area contributed by atoms with Crippen molar-refractivity contribution in [1.82, 2.24) is 4.98 Å². The summed E-state index contributed by atoms with van der Waals surface area (Å²) in [6.07, 6.45) is 0.860. The van der Waals surface area contributed by atoms with Crippen molar-refractivity contribution in [3.63, 3.8) is 0 Å². The summed E-state index contributed by atoms with van der Waals surface area (Å²) in [5.74, 6) is 0.318. The summed E-state index contributed by atoms with van der Waals surface area (Å²) < 4.78 is 16.3. The first-order valence-electron chi connectivity index (χ1n) is 9.37. The van der Waals surface area contributed by atoms with Crippen LogP contribution in [0.3, 0.4) is 0 Å². The maximum Gasteiger partial charge on any atom is 0.355 e. The summed E-state index contributed by atoms with van der Waals surface area (Å²) in [6.45, 7) is 2.01. The van der Waals surface area contributed by atoms with Gasteiger partial charge < -0.3 is 19.2 Å². The predicted octanol–water partition coefficient (Wildman–Crippen LogP) is 5.42. The minimum atomic E-state index is -0.474. The lowest BCUT2D eigenvalue weighted by Crippen LogP contribution is -2.15. The zero-order valence-electron chi connectivity index (χ0n) is 16.5. The summed E-state index contributed by atoms with van der Waals surface area (Å²) in [7, 11) is 1.62. The van der Waals surface area contributed by atoms with Gasteiger partial charge in [-0.05, 0) is 59.1 Å². The van der Waals surface area contributed by atoms with E-state index in [1.165, 1.54) is 0 Å². The van der Waals surface area contributed by atoms with Gasteiger partial charge in [-0.3, -0.25) is 4.79 Å². The number of carbonyl (C=O) groups excluding carboxylic acids is 2. The van der Waals surface area contributed by atoms with Crippen LogP contribution in [0.2, 0.25) is 0 Å². The number of benzene rings is 2. The second-order valence-electron chi connectivity index (χ2n) is 6.54. The van der Waals surface area contributed by atoms with Crippen molar-refractivity contribution in [2.45, 2.75) is 24.6 Å². The average molecular weight is 539 g/mol. The van der Waals surface area contributed by atoms with E-state index in [0.29, 0.717) is 27.5 Å². The molecule has 2 aromatic carbocycles. The lowest BCUT2D eigenvalue weighted by Gasteiger charge is -2.11. The molecule has 0 aliphatic rings. The first-order valence-corrected chi connectivity index (χ1v) is 11.1. The van der Waals surface area contributed by atoms with Crippen molar-refractivity contribution >= 4 is 54.7 Å². The Bertz CT molecular complexity index is 1050. The van der Waals surface area contributed by atoms with Gasteiger partial charge in [0.1, 0.15) is 17.2 Å². The molecule has 1 atom stereocenters. The molecule has 1 unspecified atom stereocenters. The number of ether oxygens (including phenoxy) is 3. The second-order valence-corrected chi connectivity index (χ2v) is 8.63. The van der Waals surface area contributed by atoms with E-state index in [0.717, 1.165) is 11.3 Å². The standard InChI is InChI=1S/C22H21Br2NO5/c1-3-29-22(27)21-20(24)19-16(25-21)5-4-6-17(19)30-18(26)12-14(23)11-13-7-9-15(28-2)10-8-13/h4-10,14,25H,3,11-12H2,1-2H3. The van der Waals surface area contributed by atoms with Gasteiger partial charge in [-0.2, -0.15) is 0 Å². The van der Waals surface area contributed by atoms with Crippen LogP contribution in [0.15, 0.2) is 46.9 Å². The van der Waals surface area contributed by atoms with Gasteiger partial charge in [0.15, 0.2) is 0 Å². The van der Waals surface area contributed by atoms with Crippen LogP contribution in [0, 0.1) is 0 Å². The minimum absolute atomic E-state index is 0.0812. The number of methoxy groups -OCH3 is 1. The summed E-state index contributed by atoms with van der Waals surface area (Å²) in [5, 5.41) is 0.621. The number of carbonyl (C=O) groups is 2. The van der Waals surface area contributed by atoms with E-state index in [9.17, 15) is 9.59 Å². The molecule has 6 nitrogen and oxygen atoms in total. The molecule has 0 aliphatic heterocycles. The zero-order valence-corrected chi connectivity index (χ0v) is 19.7. The van der Waals surface area contributed by atoms with E-state index in [1.807, 2.05) is 24.3 Å². The van der Waals surface area contributed by atoms with Gasteiger partial charge in [-0.15, -0.1) is 0 Å². The molecule has 3 rings (SSSR count). The Kier molecular flexibility index (Phi) is 7.55. The van der Waals surface area contributed by atoms with Crippen LogP contribution >= 0.6 is 31.9 Å². The molecule has 0 spiro atoms. The number of aromatic amines is 1. The fourth-order valence-electron chi connectivity index (χ4n) is 3.04. The molecule has 8 heteroatoms. The number of fused-ring (bicyclic) bond motifs is 1. The monoisotopic (exact) mass is 537 g/mol. The Hall–Kier alpha value is -2.32. The number of aromatic nitrogens is 1. The highest BCUT2D eigenvalue weighted by atomic mass is 79.9. The van der Waals surface area contributed by atoms with Crippen LogP contribution in [-0.2, 0) is 16.0 Å². The Labute approximate surface area is 191 Å². The van der Waals surface area contributed by atoms with Gasteiger partial charge in [-0.25, -0.2) is 4.79 Å². The molecule has 0 bridgehead atoms. The van der Waals surface area contributed by atoms with E-state index in [4.69, 9.17) is 14.2 Å². The number of rotatable bonds is 8. The van der Waals surface area contributed by atoms with E-state index in [2.05, 4.69) is 36.8 Å². The summed E-state index contributed by atoms with van der Waals surface area (Å²) >= 11 is 6.99. The van der Waals surface area contributed by atoms with Gasteiger partial charge in [0, 0.05) is 4.83 Å². The third-order valence-electron chi connectivity index (χ3n) is 4.43. The van der Waals surface area contributed by atoms with Crippen molar-refractivity contribution in [3.05, 3.63) is 58.2 Å². The maximum absolute atomic E-state index is 12.5. The molecule has 30 heavy (non-hydrogen) atoms. The van der Waals surface area contributed by atoms with Gasteiger partial charge >= 0.3 is 11.9 Å². The molecule has 3 aromatic rings. The van der Waals surface area contributed by atoms with E-state index < -0.39 is 5.97 Å². The number of H-pyrrole nitrogens is 1. The third-order valence-corrected chi connectivity index (χ3v) is 5.87. The topological polar surface area (TPSA) is 77.6 Å². The van der Waals surface area contributed by atoms with Crippen LogP contribution in [0.1, 0.15) is 29.4 Å². The molecule has 1 aromatic heterocycles. The lowest BCUT2D eigenvalue weighted by atomic mass is 10.1. The number of esters is 2. The largest absolute Gasteiger partial charge is 0.497 e. The Morgan fingerprint density at radius 3 is 2.53 bits per heavy atom. The van der Waals surface area contributed by atoms with Gasteiger partial charge in [-0.1, -0.05) is 34.1 Å². The lowest BCUT2D eigenvalue weighted by molar-refractivity contribution is -0.134. The highest BCUT2D eigenvalue weighted by Crippen LogP contribution is 2.35. The minimum Gasteiger partial charge on any atom is -0.497 e. The van der Waals surface area contributed by atoms with E-state index >= 15 is 0 Å². The highest BCUT2D eigenvalue weighted by molar-refractivity contribution is 9.10. The van der Waals surface area contributed by atoms with Crippen molar-refractivity contribution < 1.29 is 23.8 Å². The molecule has 0 saturated carbocycles. The molecule has 158 valence electrons. The quantitative estimate of drug-likeness (QED) is 0.235. The van der Waals surface area contributed by atoms with Crippen LogP contribution in [0.4, 0.5) is 0 Å². The maximum atomic E-state index is 12.5. The molecule has 1 heterocycles. The number of hydrogen-bond acceptors (Lipinski definition) is 5. The van der Waals surface area contributed by atoms with Crippen LogP contribution in [0.25, 0.3) is 10.9 Å². The average Bonchev–Trinajstić information content (AvgIpc) is 3.06. The van der Waals surface area contributed by atoms with Crippen LogP contribution in [-0.4, -0.2) is 35.5 Å². The number of hydrogen-bond donors (Lipinski definition) is 1. The van der Waals surface area contributed by atoms with Crippen LogP contribution in [0.5, 0.6) is 11.5 Å². The Balaban J connectivity index is 1.70. The normalized spacial score (nSPS) is 11.9. The summed E-state index contributed by atoms with van der Waals surface area (Å²) in [5.41, 5.74) is 2.04. The smallest absolute Gasteiger partial charge is 0.355 e. The molecular formula is C22H21Br2NO5. The SMILES string of the molecule is CCOC(=O)c1[nH]c2cccc(OC(=O)CC(Br)Cc3ccc(OC)cc3)c2c1Br. The Morgan fingerprint density at radius 1 is 1.13 bits per heavy atom. The molecule has 1 N–H and O–H groups in total. The van der Waals surface area contributed by atoms with Gasteiger partial charge in [0.2, 0.25) is 0 Å². The van der Waals surface area contributed by atoms with E-state index in [-0.39, 0.29) is 29.5 Å². The molecule has 0 radical (unpaired) electrons. The molecule has 0 aliphatic carbocycles. The number of nitrogens with one attached hydrogen (secondary N) is 1. The molecular weight excluding hydrogens is 518 g/mol. The number of alkyl halides is 1.